The zero-order valence-electron chi connectivity index (χ0n) is 17.1. The maximum Gasteiger partial charge on any atom is 0.339 e. The molecule has 3 aromatic rings. The Morgan fingerprint density at radius 3 is 2.13 bits per heavy atom. The molecule has 5 nitrogen and oxygen atoms in total. The van der Waals surface area contributed by atoms with E-state index < -0.39 is 18.0 Å². The lowest BCUT2D eigenvalue weighted by Crippen LogP contribution is -2.30. The zero-order chi connectivity index (χ0) is 21.7. The van der Waals surface area contributed by atoms with Crippen molar-refractivity contribution in [2.24, 2.45) is 0 Å². The molecule has 0 bridgehead atoms. The standard InChI is InChI=1S/C25H23NO4/c1-16-11-13-19(14-12-16)23(27)21-9-4-5-10-22(21)25(29)30-18(3)24(28)26-20-8-6-7-17(2)15-20/h4-15,18H,1-3H3,(H,26,28)/t18-/m1/s1. The van der Waals surface area contributed by atoms with Gasteiger partial charge in [0.1, 0.15) is 0 Å². The number of anilines is 1. The third kappa shape index (κ3) is 5.00. The number of hydrogen-bond donors (Lipinski definition) is 1. The van der Waals surface area contributed by atoms with Crippen molar-refractivity contribution in [2.75, 3.05) is 5.32 Å². The Hall–Kier alpha value is -3.73. The van der Waals surface area contributed by atoms with Gasteiger partial charge in [-0.1, -0.05) is 60.2 Å². The van der Waals surface area contributed by atoms with Gasteiger partial charge < -0.3 is 10.1 Å². The van der Waals surface area contributed by atoms with Crippen LogP contribution in [-0.4, -0.2) is 23.8 Å². The summed E-state index contributed by atoms with van der Waals surface area (Å²) in [5, 5.41) is 2.72. The fourth-order valence-electron chi connectivity index (χ4n) is 2.96. The van der Waals surface area contributed by atoms with Crippen LogP contribution in [-0.2, 0) is 9.53 Å². The molecule has 0 aromatic heterocycles. The van der Waals surface area contributed by atoms with Crippen molar-refractivity contribution in [2.45, 2.75) is 26.9 Å². The molecule has 0 saturated carbocycles. The Bertz CT molecular complexity index is 1090. The van der Waals surface area contributed by atoms with Crippen molar-refractivity contribution in [1.82, 2.24) is 0 Å². The van der Waals surface area contributed by atoms with Crippen LogP contribution in [0.4, 0.5) is 5.69 Å². The molecule has 0 heterocycles. The smallest absolute Gasteiger partial charge is 0.339 e. The zero-order valence-corrected chi connectivity index (χ0v) is 17.1. The number of hydrogen-bond acceptors (Lipinski definition) is 4. The monoisotopic (exact) mass is 401 g/mol. The molecule has 0 spiro atoms. The predicted molar refractivity (Wildman–Crippen MR) is 116 cm³/mol. The van der Waals surface area contributed by atoms with E-state index >= 15 is 0 Å². The molecule has 1 amide bonds. The van der Waals surface area contributed by atoms with Gasteiger partial charge in [-0.2, -0.15) is 0 Å². The van der Waals surface area contributed by atoms with Crippen LogP contribution in [0.2, 0.25) is 0 Å². The molecule has 0 unspecified atom stereocenters. The van der Waals surface area contributed by atoms with Crippen molar-refractivity contribution in [3.63, 3.8) is 0 Å². The number of amides is 1. The molecule has 3 rings (SSSR count). The summed E-state index contributed by atoms with van der Waals surface area (Å²) in [6.45, 7) is 5.34. The lowest BCUT2D eigenvalue weighted by Gasteiger charge is -2.15. The van der Waals surface area contributed by atoms with E-state index in [0.29, 0.717) is 11.3 Å². The summed E-state index contributed by atoms with van der Waals surface area (Å²) in [5.41, 5.74) is 3.49. The second-order valence-corrected chi connectivity index (χ2v) is 7.15. The molecule has 0 aliphatic rings. The molecular formula is C25H23NO4. The number of rotatable bonds is 6. The van der Waals surface area contributed by atoms with Crippen LogP contribution in [0, 0.1) is 13.8 Å². The molecule has 1 N–H and O–H groups in total. The van der Waals surface area contributed by atoms with Gasteiger partial charge in [-0.15, -0.1) is 0 Å². The summed E-state index contributed by atoms with van der Waals surface area (Å²) < 4.78 is 5.34. The summed E-state index contributed by atoms with van der Waals surface area (Å²) in [6.07, 6.45) is -1.03. The fourth-order valence-corrected chi connectivity index (χ4v) is 2.96. The Kier molecular flexibility index (Phi) is 6.42. The molecule has 3 aromatic carbocycles. The number of benzene rings is 3. The van der Waals surface area contributed by atoms with E-state index in [1.165, 1.54) is 13.0 Å². The van der Waals surface area contributed by atoms with Gasteiger partial charge in [0.15, 0.2) is 11.9 Å². The quantitative estimate of drug-likeness (QED) is 0.479. The van der Waals surface area contributed by atoms with Gasteiger partial charge in [0, 0.05) is 16.8 Å². The van der Waals surface area contributed by atoms with Crippen molar-refractivity contribution >= 4 is 23.3 Å². The van der Waals surface area contributed by atoms with Gasteiger partial charge in [0.2, 0.25) is 0 Å². The summed E-state index contributed by atoms with van der Waals surface area (Å²) in [4.78, 5) is 38.0. The fraction of sp³-hybridized carbons (Fsp3) is 0.160. The Balaban J connectivity index is 1.74. The largest absolute Gasteiger partial charge is 0.449 e. The summed E-state index contributed by atoms with van der Waals surface area (Å²) in [6, 6.07) is 20.9. The van der Waals surface area contributed by atoms with Gasteiger partial charge in [0.25, 0.3) is 5.91 Å². The van der Waals surface area contributed by atoms with Gasteiger partial charge >= 0.3 is 5.97 Å². The van der Waals surface area contributed by atoms with E-state index in [1.54, 1.807) is 36.4 Å². The highest BCUT2D eigenvalue weighted by Crippen LogP contribution is 2.18. The number of carbonyl (C=O) groups is 3. The van der Waals surface area contributed by atoms with E-state index in [4.69, 9.17) is 4.74 Å². The van der Waals surface area contributed by atoms with E-state index in [-0.39, 0.29) is 16.9 Å². The molecule has 5 heteroatoms. The molecule has 1 atom stereocenters. The topological polar surface area (TPSA) is 72.5 Å². The van der Waals surface area contributed by atoms with Crippen molar-refractivity contribution < 1.29 is 19.1 Å². The second kappa shape index (κ2) is 9.18. The van der Waals surface area contributed by atoms with Gasteiger partial charge in [-0.25, -0.2) is 4.79 Å². The lowest BCUT2D eigenvalue weighted by molar-refractivity contribution is -0.123. The lowest BCUT2D eigenvalue weighted by atomic mass is 9.98. The van der Waals surface area contributed by atoms with Crippen molar-refractivity contribution in [1.29, 1.82) is 0 Å². The highest BCUT2D eigenvalue weighted by molar-refractivity contribution is 6.14. The number of ether oxygens (including phenoxy) is 1. The molecule has 0 fully saturated rings. The van der Waals surface area contributed by atoms with Crippen LogP contribution in [0.1, 0.15) is 44.3 Å². The van der Waals surface area contributed by atoms with Gasteiger partial charge in [-0.3, -0.25) is 9.59 Å². The average molecular weight is 401 g/mol. The first-order chi connectivity index (χ1) is 14.3. The number of esters is 1. The maximum atomic E-state index is 12.9. The minimum absolute atomic E-state index is 0.123. The average Bonchev–Trinajstić information content (AvgIpc) is 2.73. The summed E-state index contributed by atoms with van der Waals surface area (Å²) in [5.74, 6) is -1.45. The Morgan fingerprint density at radius 2 is 1.47 bits per heavy atom. The molecule has 30 heavy (non-hydrogen) atoms. The highest BCUT2D eigenvalue weighted by atomic mass is 16.5. The third-order valence-electron chi connectivity index (χ3n) is 4.64. The molecule has 152 valence electrons. The van der Waals surface area contributed by atoms with Gasteiger partial charge in [-0.05, 0) is 44.5 Å². The third-order valence-corrected chi connectivity index (χ3v) is 4.64. The minimum atomic E-state index is -1.03. The van der Waals surface area contributed by atoms with E-state index in [2.05, 4.69) is 5.32 Å². The first-order valence-electron chi connectivity index (χ1n) is 9.64. The predicted octanol–water partition coefficient (Wildman–Crippen LogP) is 4.72. The van der Waals surface area contributed by atoms with Gasteiger partial charge in [0.05, 0.1) is 5.56 Å². The van der Waals surface area contributed by atoms with Crippen molar-refractivity contribution in [3.8, 4) is 0 Å². The molecule has 0 radical (unpaired) electrons. The number of ketones is 1. The van der Waals surface area contributed by atoms with Crippen LogP contribution in [0.5, 0.6) is 0 Å². The first kappa shape index (κ1) is 21.0. The Morgan fingerprint density at radius 1 is 0.800 bits per heavy atom. The summed E-state index contributed by atoms with van der Waals surface area (Å²) >= 11 is 0. The molecule has 0 aliphatic carbocycles. The normalized spacial score (nSPS) is 11.4. The SMILES string of the molecule is Cc1ccc(C(=O)c2ccccc2C(=O)O[C@H](C)C(=O)Nc2cccc(C)c2)cc1. The first-order valence-corrected chi connectivity index (χ1v) is 9.64. The number of nitrogens with one attached hydrogen (secondary N) is 1. The van der Waals surface area contributed by atoms with E-state index in [1.807, 2.05) is 44.2 Å². The van der Waals surface area contributed by atoms with E-state index in [9.17, 15) is 14.4 Å². The molecular weight excluding hydrogens is 378 g/mol. The van der Waals surface area contributed by atoms with Crippen molar-refractivity contribution in [3.05, 3.63) is 101 Å². The molecule has 0 saturated heterocycles. The van der Waals surface area contributed by atoms with Crippen LogP contribution in [0.3, 0.4) is 0 Å². The van der Waals surface area contributed by atoms with E-state index in [0.717, 1.165) is 11.1 Å². The maximum absolute atomic E-state index is 12.9. The Labute approximate surface area is 175 Å². The number of carbonyl (C=O) groups excluding carboxylic acids is 3. The molecule has 0 aliphatic heterocycles. The number of aryl methyl sites for hydroxylation is 2. The van der Waals surface area contributed by atoms with Crippen LogP contribution in [0.15, 0.2) is 72.8 Å². The van der Waals surface area contributed by atoms with Crippen LogP contribution >= 0.6 is 0 Å². The highest BCUT2D eigenvalue weighted by Gasteiger charge is 2.23. The second-order valence-electron chi connectivity index (χ2n) is 7.15. The summed E-state index contributed by atoms with van der Waals surface area (Å²) in [7, 11) is 0. The van der Waals surface area contributed by atoms with Crippen LogP contribution < -0.4 is 5.32 Å². The minimum Gasteiger partial charge on any atom is -0.449 e. The van der Waals surface area contributed by atoms with Crippen LogP contribution in [0.25, 0.3) is 0 Å².